The second-order valence-corrected chi connectivity index (χ2v) is 3.65. The van der Waals surface area contributed by atoms with Gasteiger partial charge in [-0.05, 0) is 30.3 Å². The number of anilines is 2. The third-order valence-electron chi connectivity index (χ3n) is 2.41. The van der Waals surface area contributed by atoms with E-state index >= 15 is 0 Å². The van der Waals surface area contributed by atoms with Gasteiger partial charge >= 0.3 is 0 Å². The second kappa shape index (κ2) is 5.29. The molecule has 4 nitrogen and oxygen atoms in total. The van der Waals surface area contributed by atoms with Gasteiger partial charge in [0.25, 0.3) is 5.91 Å². The van der Waals surface area contributed by atoms with Crippen molar-refractivity contribution in [2.75, 3.05) is 10.7 Å². The van der Waals surface area contributed by atoms with Crippen LogP contribution in [-0.4, -0.2) is 5.91 Å². The number of rotatable bonds is 3. The van der Waals surface area contributed by atoms with Crippen molar-refractivity contribution in [2.24, 2.45) is 5.84 Å². The molecule has 0 aromatic heterocycles. The van der Waals surface area contributed by atoms with Crippen LogP contribution in [0.25, 0.3) is 0 Å². The Bertz CT molecular complexity index is 572. The summed E-state index contributed by atoms with van der Waals surface area (Å²) >= 11 is 0. The Hall–Kier alpha value is -2.40. The van der Waals surface area contributed by atoms with Crippen LogP contribution in [0.5, 0.6) is 0 Å². The molecule has 5 heteroatoms. The molecule has 0 aliphatic rings. The minimum Gasteiger partial charge on any atom is -0.323 e. The van der Waals surface area contributed by atoms with E-state index in [0.29, 0.717) is 16.9 Å². The van der Waals surface area contributed by atoms with Gasteiger partial charge in [-0.1, -0.05) is 18.2 Å². The van der Waals surface area contributed by atoms with E-state index < -0.39 is 5.82 Å². The molecule has 1 amide bonds. The normalized spacial score (nSPS) is 9.89. The first-order valence-corrected chi connectivity index (χ1v) is 5.33. The third-order valence-corrected chi connectivity index (χ3v) is 2.41. The largest absolute Gasteiger partial charge is 0.323 e. The molecule has 0 saturated carbocycles. The van der Waals surface area contributed by atoms with Crippen molar-refractivity contribution in [3.8, 4) is 0 Å². The van der Waals surface area contributed by atoms with Gasteiger partial charge in [-0.3, -0.25) is 10.6 Å². The Morgan fingerprint density at radius 3 is 2.61 bits per heavy atom. The van der Waals surface area contributed by atoms with Gasteiger partial charge < -0.3 is 10.7 Å². The van der Waals surface area contributed by atoms with E-state index in [-0.39, 0.29) is 5.91 Å². The molecule has 0 heterocycles. The van der Waals surface area contributed by atoms with Crippen molar-refractivity contribution in [3.05, 3.63) is 59.9 Å². The highest BCUT2D eigenvalue weighted by molar-refractivity contribution is 6.07. The number of carbonyl (C=O) groups is 1. The molecule has 2 aromatic carbocycles. The number of hydrazine groups is 1. The Kier molecular flexibility index (Phi) is 3.54. The maximum Gasteiger partial charge on any atom is 0.257 e. The molecule has 0 spiro atoms. The Morgan fingerprint density at radius 2 is 1.89 bits per heavy atom. The maximum atomic E-state index is 13.0. The zero-order valence-electron chi connectivity index (χ0n) is 9.48. The van der Waals surface area contributed by atoms with Gasteiger partial charge in [0.2, 0.25) is 0 Å². The number of halogens is 1. The van der Waals surface area contributed by atoms with Gasteiger partial charge in [0.05, 0.1) is 11.3 Å². The lowest BCUT2D eigenvalue weighted by molar-refractivity contribution is 0.102. The average Bonchev–Trinajstić information content (AvgIpc) is 2.38. The number of carbonyl (C=O) groups excluding carboxylic acids is 1. The SMILES string of the molecule is NNc1ccccc1C(=O)Nc1cccc(F)c1. The van der Waals surface area contributed by atoms with Crippen molar-refractivity contribution >= 4 is 17.3 Å². The van der Waals surface area contributed by atoms with Crippen LogP contribution in [0.4, 0.5) is 15.8 Å². The smallest absolute Gasteiger partial charge is 0.257 e. The molecule has 92 valence electrons. The van der Waals surface area contributed by atoms with Gasteiger partial charge in [0, 0.05) is 5.69 Å². The molecule has 2 rings (SSSR count). The highest BCUT2D eigenvalue weighted by Gasteiger charge is 2.10. The quantitative estimate of drug-likeness (QED) is 0.574. The van der Waals surface area contributed by atoms with Crippen molar-refractivity contribution in [3.63, 3.8) is 0 Å². The highest BCUT2D eigenvalue weighted by atomic mass is 19.1. The standard InChI is InChI=1S/C13H12FN3O/c14-9-4-3-5-10(8-9)16-13(18)11-6-1-2-7-12(11)17-15/h1-8,17H,15H2,(H,16,18). The fraction of sp³-hybridized carbons (Fsp3) is 0. The summed E-state index contributed by atoms with van der Waals surface area (Å²) in [6, 6.07) is 12.5. The number of nitrogen functional groups attached to an aromatic ring is 1. The molecule has 0 aliphatic heterocycles. The summed E-state index contributed by atoms with van der Waals surface area (Å²) in [5.74, 6) is 4.56. The van der Waals surface area contributed by atoms with Gasteiger partial charge in [-0.15, -0.1) is 0 Å². The summed E-state index contributed by atoms with van der Waals surface area (Å²) in [5, 5.41) is 2.60. The molecule has 4 N–H and O–H groups in total. The lowest BCUT2D eigenvalue weighted by Gasteiger charge is -2.09. The van der Waals surface area contributed by atoms with E-state index in [1.165, 1.54) is 18.2 Å². The van der Waals surface area contributed by atoms with Crippen LogP contribution >= 0.6 is 0 Å². The van der Waals surface area contributed by atoms with E-state index in [2.05, 4.69) is 10.7 Å². The van der Waals surface area contributed by atoms with Crippen LogP contribution in [0.15, 0.2) is 48.5 Å². The molecule has 2 aromatic rings. The zero-order chi connectivity index (χ0) is 13.0. The highest BCUT2D eigenvalue weighted by Crippen LogP contribution is 2.16. The first kappa shape index (κ1) is 12.1. The number of nitrogens with two attached hydrogens (primary N) is 1. The van der Waals surface area contributed by atoms with E-state index in [0.717, 1.165) is 0 Å². The molecule has 0 unspecified atom stereocenters. The minimum atomic E-state index is -0.405. The maximum absolute atomic E-state index is 13.0. The minimum absolute atomic E-state index is 0.353. The van der Waals surface area contributed by atoms with Crippen LogP contribution in [0.1, 0.15) is 10.4 Å². The lowest BCUT2D eigenvalue weighted by atomic mass is 10.1. The number of para-hydroxylation sites is 1. The lowest BCUT2D eigenvalue weighted by Crippen LogP contribution is -2.17. The van der Waals surface area contributed by atoms with Crippen molar-refractivity contribution in [1.82, 2.24) is 0 Å². The fourth-order valence-electron chi connectivity index (χ4n) is 1.57. The van der Waals surface area contributed by atoms with Gasteiger partial charge in [0.1, 0.15) is 5.82 Å². The van der Waals surface area contributed by atoms with E-state index in [1.807, 2.05) is 0 Å². The average molecular weight is 245 g/mol. The number of nitrogens with one attached hydrogen (secondary N) is 2. The van der Waals surface area contributed by atoms with Crippen molar-refractivity contribution < 1.29 is 9.18 Å². The summed E-state index contributed by atoms with van der Waals surface area (Å²) < 4.78 is 13.0. The predicted molar refractivity (Wildman–Crippen MR) is 68.6 cm³/mol. The van der Waals surface area contributed by atoms with Crippen molar-refractivity contribution in [1.29, 1.82) is 0 Å². The van der Waals surface area contributed by atoms with Crippen molar-refractivity contribution in [2.45, 2.75) is 0 Å². The topological polar surface area (TPSA) is 67.1 Å². The Balaban J connectivity index is 2.22. The van der Waals surface area contributed by atoms with E-state index in [4.69, 9.17) is 5.84 Å². The van der Waals surface area contributed by atoms with Gasteiger partial charge in [-0.25, -0.2) is 4.39 Å². The molecule has 0 saturated heterocycles. The number of amides is 1. The van der Waals surface area contributed by atoms with Crippen LogP contribution in [0, 0.1) is 5.82 Å². The number of hydrogen-bond donors (Lipinski definition) is 3. The number of benzene rings is 2. The molecular formula is C13H12FN3O. The molecule has 0 aliphatic carbocycles. The Morgan fingerprint density at radius 1 is 1.11 bits per heavy atom. The Labute approximate surface area is 104 Å². The molecule has 0 radical (unpaired) electrons. The zero-order valence-corrected chi connectivity index (χ0v) is 9.48. The summed E-state index contributed by atoms with van der Waals surface area (Å²) in [7, 11) is 0. The second-order valence-electron chi connectivity index (χ2n) is 3.65. The third kappa shape index (κ3) is 2.64. The molecule has 0 fully saturated rings. The van der Waals surface area contributed by atoms with Crippen LogP contribution in [-0.2, 0) is 0 Å². The number of hydrogen-bond acceptors (Lipinski definition) is 3. The molecular weight excluding hydrogens is 233 g/mol. The summed E-state index contributed by atoms with van der Waals surface area (Å²) in [4.78, 5) is 12.0. The first-order valence-electron chi connectivity index (χ1n) is 5.33. The van der Waals surface area contributed by atoms with Crippen LogP contribution in [0.3, 0.4) is 0 Å². The first-order chi connectivity index (χ1) is 8.70. The van der Waals surface area contributed by atoms with Gasteiger partial charge in [0.15, 0.2) is 0 Å². The van der Waals surface area contributed by atoms with E-state index in [1.54, 1.807) is 30.3 Å². The fourth-order valence-corrected chi connectivity index (χ4v) is 1.57. The molecule has 0 bridgehead atoms. The molecule has 0 atom stereocenters. The van der Waals surface area contributed by atoms with Crippen LogP contribution < -0.4 is 16.6 Å². The van der Waals surface area contributed by atoms with Crippen LogP contribution in [0.2, 0.25) is 0 Å². The van der Waals surface area contributed by atoms with E-state index in [9.17, 15) is 9.18 Å². The summed E-state index contributed by atoms with van der Waals surface area (Å²) in [6.45, 7) is 0. The van der Waals surface area contributed by atoms with Gasteiger partial charge in [-0.2, -0.15) is 0 Å². The monoisotopic (exact) mass is 245 g/mol. The molecule has 18 heavy (non-hydrogen) atoms. The predicted octanol–water partition coefficient (Wildman–Crippen LogP) is 2.36. The summed E-state index contributed by atoms with van der Waals surface area (Å²) in [5.41, 5.74) is 3.73. The summed E-state index contributed by atoms with van der Waals surface area (Å²) in [6.07, 6.45) is 0.